The smallest absolute Gasteiger partial charge is 0.133 e. The maximum Gasteiger partial charge on any atom is 0.133 e. The van der Waals surface area contributed by atoms with E-state index in [2.05, 4.69) is 24.9 Å². The molecule has 98 valence electrons. The molecule has 2 N–H and O–H groups in total. The van der Waals surface area contributed by atoms with Gasteiger partial charge in [0.15, 0.2) is 0 Å². The Labute approximate surface area is 109 Å². The average molecular weight is 245 g/mol. The molecule has 2 aliphatic carbocycles. The van der Waals surface area contributed by atoms with Crippen LogP contribution in [0.2, 0.25) is 0 Å². The van der Waals surface area contributed by atoms with Gasteiger partial charge in [-0.2, -0.15) is 0 Å². The van der Waals surface area contributed by atoms with Gasteiger partial charge in [-0.3, -0.25) is 0 Å². The zero-order valence-electron chi connectivity index (χ0n) is 11.4. The van der Waals surface area contributed by atoms with Gasteiger partial charge in [0.25, 0.3) is 0 Å². The van der Waals surface area contributed by atoms with E-state index in [0.29, 0.717) is 6.54 Å². The summed E-state index contributed by atoms with van der Waals surface area (Å²) in [4.78, 5) is 7.19. The first-order valence-electron chi connectivity index (χ1n) is 7.12. The molecule has 3 nitrogen and oxygen atoms in total. The maximum atomic E-state index is 5.89. The number of rotatable bonds is 4. The second kappa shape index (κ2) is 4.54. The summed E-state index contributed by atoms with van der Waals surface area (Å²) in [5.74, 6) is 2.87. The lowest BCUT2D eigenvalue weighted by Crippen LogP contribution is -2.24. The van der Waals surface area contributed by atoms with Crippen molar-refractivity contribution in [1.29, 1.82) is 0 Å². The quantitative estimate of drug-likeness (QED) is 0.883. The van der Waals surface area contributed by atoms with Crippen LogP contribution in [-0.2, 0) is 19.4 Å². The van der Waals surface area contributed by atoms with Gasteiger partial charge in [0.05, 0.1) is 0 Å². The predicted molar refractivity (Wildman–Crippen MR) is 74.7 cm³/mol. The first kappa shape index (κ1) is 12.0. The van der Waals surface area contributed by atoms with E-state index in [-0.39, 0.29) is 0 Å². The van der Waals surface area contributed by atoms with Crippen molar-refractivity contribution in [3.8, 4) is 0 Å². The van der Waals surface area contributed by atoms with Crippen LogP contribution in [0, 0.1) is 11.8 Å². The van der Waals surface area contributed by atoms with E-state index in [1.165, 1.54) is 36.1 Å². The Morgan fingerprint density at radius 3 is 2.89 bits per heavy atom. The van der Waals surface area contributed by atoms with Crippen molar-refractivity contribution in [2.75, 3.05) is 18.5 Å². The Balaban J connectivity index is 1.85. The fourth-order valence-electron chi connectivity index (χ4n) is 3.08. The van der Waals surface area contributed by atoms with Gasteiger partial charge in [0.2, 0.25) is 0 Å². The molecule has 2 atom stereocenters. The summed E-state index contributed by atoms with van der Waals surface area (Å²) in [6.07, 6.45) is 4.94. The molecule has 0 aromatic carbocycles. The molecule has 0 amide bonds. The third-order valence-corrected chi connectivity index (χ3v) is 4.47. The second-order valence-corrected chi connectivity index (χ2v) is 5.99. The van der Waals surface area contributed by atoms with Crippen LogP contribution in [0.5, 0.6) is 0 Å². The zero-order chi connectivity index (χ0) is 12.7. The Kier molecular flexibility index (Phi) is 3.02. The highest BCUT2D eigenvalue weighted by atomic mass is 15.2. The van der Waals surface area contributed by atoms with E-state index in [1.54, 1.807) is 0 Å². The molecule has 2 aliphatic rings. The van der Waals surface area contributed by atoms with Crippen molar-refractivity contribution in [2.24, 2.45) is 17.6 Å². The molecule has 0 aliphatic heterocycles. The van der Waals surface area contributed by atoms with Crippen LogP contribution in [0.1, 0.15) is 36.6 Å². The van der Waals surface area contributed by atoms with E-state index in [1.807, 2.05) is 0 Å². The summed E-state index contributed by atoms with van der Waals surface area (Å²) < 4.78 is 0. The van der Waals surface area contributed by atoms with Crippen LogP contribution in [0.25, 0.3) is 0 Å². The van der Waals surface area contributed by atoms with Crippen LogP contribution in [0.3, 0.4) is 0 Å². The normalized spacial score (nSPS) is 25.1. The molecule has 1 heterocycles. The zero-order valence-corrected chi connectivity index (χ0v) is 11.4. The lowest BCUT2D eigenvalue weighted by atomic mass is 10.1. The molecule has 1 aromatic rings. The van der Waals surface area contributed by atoms with Crippen LogP contribution in [0.4, 0.5) is 5.82 Å². The van der Waals surface area contributed by atoms with Gasteiger partial charge in [-0.15, -0.1) is 0 Å². The number of hydrogen-bond donors (Lipinski definition) is 1. The summed E-state index contributed by atoms with van der Waals surface area (Å²) in [5, 5.41) is 0. The number of pyridine rings is 1. The van der Waals surface area contributed by atoms with Gasteiger partial charge in [-0.25, -0.2) is 4.98 Å². The summed E-state index contributed by atoms with van der Waals surface area (Å²) in [7, 11) is 2.16. The van der Waals surface area contributed by atoms with Crippen LogP contribution < -0.4 is 10.6 Å². The third kappa shape index (κ3) is 2.12. The van der Waals surface area contributed by atoms with E-state index in [9.17, 15) is 0 Å². The van der Waals surface area contributed by atoms with Crippen LogP contribution in [-0.4, -0.2) is 18.6 Å². The lowest BCUT2D eigenvalue weighted by molar-refractivity contribution is 0.714. The Morgan fingerprint density at radius 1 is 1.44 bits per heavy atom. The molecular formula is C15H23N3. The van der Waals surface area contributed by atoms with Gasteiger partial charge in [0.1, 0.15) is 5.82 Å². The van der Waals surface area contributed by atoms with Crippen molar-refractivity contribution in [2.45, 2.75) is 39.2 Å². The number of nitrogens with two attached hydrogens (primary N) is 1. The minimum Gasteiger partial charge on any atom is -0.359 e. The first-order valence-corrected chi connectivity index (χ1v) is 7.12. The van der Waals surface area contributed by atoms with Crippen LogP contribution in [0.15, 0.2) is 6.07 Å². The van der Waals surface area contributed by atoms with Crippen molar-refractivity contribution >= 4 is 5.82 Å². The van der Waals surface area contributed by atoms with Gasteiger partial charge in [0, 0.05) is 31.4 Å². The fourth-order valence-corrected chi connectivity index (χ4v) is 3.08. The van der Waals surface area contributed by atoms with Gasteiger partial charge in [-0.05, 0) is 49.1 Å². The summed E-state index contributed by atoms with van der Waals surface area (Å²) >= 11 is 0. The van der Waals surface area contributed by atoms with Crippen molar-refractivity contribution in [1.82, 2.24) is 4.98 Å². The molecule has 1 saturated carbocycles. The standard InChI is InChI=1S/C15H23N3/c1-10-6-13(10)9-18(2)15-12(8-16)7-11-4-3-5-14(11)17-15/h7,10,13H,3-6,8-9,16H2,1-2H3. The Hall–Kier alpha value is -1.09. The fraction of sp³-hybridized carbons (Fsp3) is 0.667. The lowest BCUT2D eigenvalue weighted by Gasteiger charge is -2.22. The average Bonchev–Trinajstić information content (AvgIpc) is 2.89. The molecular weight excluding hydrogens is 222 g/mol. The number of aromatic nitrogens is 1. The van der Waals surface area contributed by atoms with E-state index < -0.39 is 0 Å². The minimum absolute atomic E-state index is 0.597. The second-order valence-electron chi connectivity index (χ2n) is 5.99. The predicted octanol–water partition coefficient (Wildman–Crippen LogP) is 2.12. The van der Waals surface area contributed by atoms with Crippen molar-refractivity contribution in [3.05, 3.63) is 22.9 Å². The summed E-state index contributed by atoms with van der Waals surface area (Å²) in [5.41, 5.74) is 9.83. The minimum atomic E-state index is 0.597. The van der Waals surface area contributed by atoms with Crippen molar-refractivity contribution < 1.29 is 0 Å². The molecule has 0 spiro atoms. The summed E-state index contributed by atoms with van der Waals surface area (Å²) in [6, 6.07) is 2.29. The third-order valence-electron chi connectivity index (χ3n) is 4.47. The molecule has 18 heavy (non-hydrogen) atoms. The highest BCUT2D eigenvalue weighted by Gasteiger charge is 2.34. The van der Waals surface area contributed by atoms with E-state index in [0.717, 1.165) is 30.6 Å². The largest absolute Gasteiger partial charge is 0.359 e. The molecule has 0 saturated heterocycles. The Morgan fingerprint density at radius 2 is 2.22 bits per heavy atom. The SMILES string of the molecule is CC1CC1CN(C)c1nc2c(cc1CN)CCC2. The molecule has 1 fully saturated rings. The Bertz CT molecular complexity index is 455. The van der Waals surface area contributed by atoms with E-state index in [4.69, 9.17) is 10.7 Å². The van der Waals surface area contributed by atoms with Gasteiger partial charge >= 0.3 is 0 Å². The molecule has 2 unspecified atom stereocenters. The first-order chi connectivity index (χ1) is 8.69. The monoisotopic (exact) mass is 245 g/mol. The molecule has 3 heteroatoms. The summed E-state index contributed by atoms with van der Waals surface area (Å²) in [6.45, 7) is 4.05. The topological polar surface area (TPSA) is 42.2 Å². The molecule has 0 bridgehead atoms. The maximum absolute atomic E-state index is 5.89. The van der Waals surface area contributed by atoms with Gasteiger partial charge < -0.3 is 10.6 Å². The highest BCUT2D eigenvalue weighted by molar-refractivity contribution is 5.50. The number of hydrogen-bond acceptors (Lipinski definition) is 3. The molecule has 1 aromatic heterocycles. The highest BCUT2D eigenvalue weighted by Crippen LogP contribution is 2.39. The van der Waals surface area contributed by atoms with Crippen molar-refractivity contribution in [3.63, 3.8) is 0 Å². The molecule has 0 radical (unpaired) electrons. The van der Waals surface area contributed by atoms with Gasteiger partial charge in [-0.1, -0.05) is 6.92 Å². The molecule has 3 rings (SSSR count). The number of nitrogens with zero attached hydrogens (tertiary/aromatic N) is 2. The van der Waals surface area contributed by atoms with E-state index >= 15 is 0 Å². The number of fused-ring (bicyclic) bond motifs is 1. The number of anilines is 1. The van der Waals surface area contributed by atoms with Crippen LogP contribution >= 0.6 is 0 Å². The number of aryl methyl sites for hydroxylation is 2.